The lowest BCUT2D eigenvalue weighted by molar-refractivity contribution is -0.297. The molecular weight excluding hydrogens is 440 g/mol. The van der Waals surface area contributed by atoms with Crippen LogP contribution in [-0.4, -0.2) is 96.0 Å². The van der Waals surface area contributed by atoms with E-state index in [1.54, 1.807) is 0 Å². The number of aliphatic hydroxyl groups excluding tert-OH is 3. The van der Waals surface area contributed by atoms with E-state index in [2.05, 4.69) is 0 Å². The maximum atomic E-state index is 12.0. The predicted molar refractivity (Wildman–Crippen MR) is 104 cm³/mol. The summed E-state index contributed by atoms with van der Waals surface area (Å²) in [5.41, 5.74) is 0. The summed E-state index contributed by atoms with van der Waals surface area (Å²) in [6.07, 6.45) is -6.00. The van der Waals surface area contributed by atoms with Gasteiger partial charge in [0.15, 0.2) is 12.4 Å². The number of esters is 2. The minimum atomic E-state index is -4.56. The molecule has 0 bridgehead atoms. The zero-order valence-electron chi connectivity index (χ0n) is 17.6. The molecule has 1 aliphatic heterocycles. The quantitative estimate of drug-likeness (QED) is 0.148. The van der Waals surface area contributed by atoms with Gasteiger partial charge in [-0.25, -0.2) is 0 Å². The maximum Gasteiger partial charge on any atom is 0.306 e. The average Bonchev–Trinajstić information content (AvgIpc) is 2.67. The highest BCUT2D eigenvalue weighted by molar-refractivity contribution is 7.85. The maximum absolute atomic E-state index is 12.0. The van der Waals surface area contributed by atoms with Crippen molar-refractivity contribution in [1.29, 1.82) is 0 Å². The molecule has 0 aromatic heterocycles. The lowest BCUT2D eigenvalue weighted by Gasteiger charge is -2.40. The van der Waals surface area contributed by atoms with Crippen LogP contribution in [0.4, 0.5) is 0 Å². The fourth-order valence-corrected chi connectivity index (χ4v) is 3.56. The number of carbonyl (C=O) groups excluding carboxylic acids is 2. The van der Waals surface area contributed by atoms with Crippen LogP contribution in [0.2, 0.25) is 0 Å². The van der Waals surface area contributed by atoms with Crippen molar-refractivity contribution in [2.45, 2.75) is 82.8 Å². The second-order valence-electron chi connectivity index (χ2n) is 7.32. The van der Waals surface area contributed by atoms with Gasteiger partial charge in [0.25, 0.3) is 10.1 Å². The topological polar surface area (TPSA) is 186 Å². The summed E-state index contributed by atoms with van der Waals surface area (Å²) >= 11 is 0. The molecule has 0 saturated carbocycles. The molecule has 31 heavy (non-hydrogen) atoms. The number of ether oxygens (including phenoxy) is 4. The van der Waals surface area contributed by atoms with Crippen molar-refractivity contribution in [1.82, 2.24) is 0 Å². The van der Waals surface area contributed by atoms with Gasteiger partial charge in [0, 0.05) is 13.3 Å². The zero-order chi connectivity index (χ0) is 23.6. The van der Waals surface area contributed by atoms with Gasteiger partial charge in [-0.15, -0.1) is 0 Å². The molecule has 0 spiro atoms. The fourth-order valence-electron chi connectivity index (χ4n) is 2.87. The monoisotopic (exact) mass is 472 g/mol. The fraction of sp³-hybridized carbons (Fsp3) is 0.889. The van der Waals surface area contributed by atoms with E-state index in [4.69, 9.17) is 23.5 Å². The highest BCUT2D eigenvalue weighted by atomic mass is 32.2. The molecule has 1 heterocycles. The molecule has 0 radical (unpaired) electrons. The van der Waals surface area contributed by atoms with Crippen LogP contribution in [0.15, 0.2) is 0 Å². The van der Waals surface area contributed by atoms with Crippen molar-refractivity contribution in [2.24, 2.45) is 0 Å². The summed E-state index contributed by atoms with van der Waals surface area (Å²) in [6, 6.07) is 0. The summed E-state index contributed by atoms with van der Waals surface area (Å²) < 4.78 is 51.7. The summed E-state index contributed by atoms with van der Waals surface area (Å²) in [5.74, 6) is -2.20. The Morgan fingerprint density at radius 1 is 1.03 bits per heavy atom. The largest absolute Gasteiger partial charge is 0.462 e. The molecule has 0 aromatic rings. The summed E-state index contributed by atoms with van der Waals surface area (Å²) in [6.45, 7) is 2.44. The molecule has 0 aromatic carbocycles. The Kier molecular flexibility index (Phi) is 11.8. The van der Waals surface area contributed by atoms with Crippen LogP contribution in [0.5, 0.6) is 0 Å². The number of hydrogen-bond donors (Lipinski definition) is 4. The molecule has 13 heteroatoms. The SMILES string of the molecule is CCCCCCC(=O)O[C@H](COC(C)=O)CO[C@@H]1O[C@H](CS(=O)(=O)O)[C@@H](O)[C@H](O)[C@H]1O. The standard InChI is InChI=1S/C18H32O12S/c1-3-4-5-6-7-14(20)29-12(8-27-11(2)19)9-28-18-17(23)16(22)15(21)13(30-18)10-31(24,25)26/h12-13,15-18,21-23H,3-10H2,1-2H3,(H,24,25,26)/t12-,13-,15-,16+,17-,18-/m1/s1. The van der Waals surface area contributed by atoms with Gasteiger partial charge in [-0.3, -0.25) is 14.1 Å². The van der Waals surface area contributed by atoms with Crippen LogP contribution in [0, 0.1) is 0 Å². The van der Waals surface area contributed by atoms with Crippen LogP contribution >= 0.6 is 0 Å². The zero-order valence-corrected chi connectivity index (χ0v) is 18.4. The van der Waals surface area contributed by atoms with E-state index < -0.39 is 71.2 Å². The van der Waals surface area contributed by atoms with Crippen LogP contribution in [-0.2, 0) is 38.7 Å². The van der Waals surface area contributed by atoms with Gasteiger partial charge < -0.3 is 34.3 Å². The predicted octanol–water partition coefficient (Wildman–Crippen LogP) is -0.856. The van der Waals surface area contributed by atoms with Gasteiger partial charge in [0.2, 0.25) is 0 Å². The molecule has 1 rings (SSSR count). The molecule has 1 aliphatic rings. The van der Waals surface area contributed by atoms with E-state index in [-0.39, 0.29) is 13.0 Å². The molecular formula is C18H32O12S. The number of aliphatic hydroxyl groups is 3. The highest BCUT2D eigenvalue weighted by Crippen LogP contribution is 2.23. The molecule has 12 nitrogen and oxygen atoms in total. The molecule has 0 unspecified atom stereocenters. The molecule has 1 saturated heterocycles. The molecule has 4 N–H and O–H groups in total. The molecule has 182 valence electrons. The number of carbonyl (C=O) groups is 2. The average molecular weight is 473 g/mol. The first kappa shape index (κ1) is 27.7. The third-order valence-corrected chi connectivity index (χ3v) is 5.24. The normalized spacial score (nSPS) is 27.5. The second-order valence-corrected chi connectivity index (χ2v) is 8.82. The first-order valence-corrected chi connectivity index (χ1v) is 11.6. The van der Waals surface area contributed by atoms with Crippen molar-refractivity contribution in [3.8, 4) is 0 Å². The Balaban J connectivity index is 2.70. The van der Waals surface area contributed by atoms with E-state index in [9.17, 15) is 33.3 Å². The van der Waals surface area contributed by atoms with Gasteiger partial charge in [-0.1, -0.05) is 26.2 Å². The highest BCUT2D eigenvalue weighted by Gasteiger charge is 2.45. The minimum Gasteiger partial charge on any atom is -0.462 e. The Bertz CT molecular complexity index is 666. The van der Waals surface area contributed by atoms with Crippen LogP contribution in [0.3, 0.4) is 0 Å². The van der Waals surface area contributed by atoms with Gasteiger partial charge in [0.05, 0.1) is 6.61 Å². The molecule has 0 aliphatic carbocycles. The van der Waals surface area contributed by atoms with E-state index >= 15 is 0 Å². The molecule has 6 atom stereocenters. The van der Waals surface area contributed by atoms with Gasteiger partial charge >= 0.3 is 11.9 Å². The molecule has 0 amide bonds. The first-order valence-electron chi connectivity index (χ1n) is 10.0. The lowest BCUT2D eigenvalue weighted by Crippen LogP contribution is -2.60. The summed E-state index contributed by atoms with van der Waals surface area (Å²) in [4.78, 5) is 23.1. The summed E-state index contributed by atoms with van der Waals surface area (Å²) in [5, 5.41) is 29.8. The second kappa shape index (κ2) is 13.3. The molecule has 1 fully saturated rings. The van der Waals surface area contributed by atoms with Gasteiger partial charge in [-0.05, 0) is 6.42 Å². The van der Waals surface area contributed by atoms with Crippen molar-refractivity contribution in [2.75, 3.05) is 19.0 Å². The van der Waals surface area contributed by atoms with Crippen LogP contribution in [0.1, 0.15) is 46.0 Å². The number of rotatable bonds is 13. The first-order chi connectivity index (χ1) is 14.4. The van der Waals surface area contributed by atoms with Crippen LogP contribution in [0.25, 0.3) is 0 Å². The van der Waals surface area contributed by atoms with E-state index in [0.29, 0.717) is 6.42 Å². The van der Waals surface area contributed by atoms with Gasteiger partial charge in [-0.2, -0.15) is 8.42 Å². The van der Waals surface area contributed by atoms with Crippen molar-refractivity contribution >= 4 is 22.1 Å². The van der Waals surface area contributed by atoms with E-state index in [1.165, 1.54) is 0 Å². The Morgan fingerprint density at radius 3 is 2.29 bits per heavy atom. The van der Waals surface area contributed by atoms with Crippen molar-refractivity contribution in [3.63, 3.8) is 0 Å². The van der Waals surface area contributed by atoms with Crippen LogP contribution < -0.4 is 0 Å². The van der Waals surface area contributed by atoms with E-state index in [1.807, 2.05) is 6.92 Å². The Labute approximate surface area is 181 Å². The Morgan fingerprint density at radius 2 is 1.71 bits per heavy atom. The number of unbranched alkanes of at least 4 members (excludes halogenated alkanes) is 3. The van der Waals surface area contributed by atoms with Crippen molar-refractivity contribution in [3.05, 3.63) is 0 Å². The smallest absolute Gasteiger partial charge is 0.306 e. The third kappa shape index (κ3) is 10.7. The van der Waals surface area contributed by atoms with E-state index in [0.717, 1.165) is 26.2 Å². The third-order valence-electron chi connectivity index (χ3n) is 4.49. The van der Waals surface area contributed by atoms with Crippen molar-refractivity contribution < 1.29 is 56.8 Å². The lowest BCUT2D eigenvalue weighted by atomic mass is 10.00. The van der Waals surface area contributed by atoms with Gasteiger partial charge in [0.1, 0.15) is 36.8 Å². The number of hydrogen-bond acceptors (Lipinski definition) is 11. The minimum absolute atomic E-state index is 0.153. The summed E-state index contributed by atoms with van der Waals surface area (Å²) in [7, 11) is -4.56. The Hall–Kier alpha value is -1.35.